The summed E-state index contributed by atoms with van der Waals surface area (Å²) in [6.07, 6.45) is 0. The van der Waals surface area contributed by atoms with Gasteiger partial charge in [0.15, 0.2) is 5.69 Å². The summed E-state index contributed by atoms with van der Waals surface area (Å²) in [5.41, 5.74) is 3.49. The van der Waals surface area contributed by atoms with E-state index in [1.54, 1.807) is 7.11 Å². The van der Waals surface area contributed by atoms with Gasteiger partial charge in [-0.1, -0.05) is 23.8 Å². The Balaban J connectivity index is 1.75. The van der Waals surface area contributed by atoms with E-state index < -0.39 is 0 Å². The molecule has 1 unspecified atom stereocenters. The molecule has 0 aliphatic heterocycles. The lowest BCUT2D eigenvalue weighted by Crippen LogP contribution is -2.34. The maximum absolute atomic E-state index is 12.7. The second-order valence-electron chi connectivity index (χ2n) is 6.58. The average Bonchev–Trinajstić information content (AvgIpc) is 3.05. The lowest BCUT2D eigenvalue weighted by Gasteiger charge is -2.25. The van der Waals surface area contributed by atoms with E-state index in [0.717, 1.165) is 27.8 Å². The van der Waals surface area contributed by atoms with Crippen LogP contribution in [0, 0.1) is 6.92 Å². The zero-order valence-electron chi connectivity index (χ0n) is 15.5. The number of fused-ring (bicyclic) bond motifs is 1. The van der Waals surface area contributed by atoms with E-state index in [4.69, 9.17) is 4.74 Å². The first-order chi connectivity index (χ1) is 12.5. The number of likely N-dealkylation sites (N-methyl/N-ethyl adjacent to an activating group) is 1. The van der Waals surface area contributed by atoms with E-state index in [0.29, 0.717) is 12.2 Å². The van der Waals surface area contributed by atoms with Gasteiger partial charge in [-0.15, -0.1) is 0 Å². The zero-order valence-corrected chi connectivity index (χ0v) is 15.5. The van der Waals surface area contributed by atoms with Gasteiger partial charge >= 0.3 is 0 Å². The Morgan fingerprint density at radius 2 is 1.96 bits per heavy atom. The predicted molar refractivity (Wildman–Crippen MR) is 103 cm³/mol. The first-order valence-corrected chi connectivity index (χ1v) is 8.53. The zero-order chi connectivity index (χ0) is 18.7. The van der Waals surface area contributed by atoms with Crippen LogP contribution in [0.1, 0.15) is 27.7 Å². The van der Waals surface area contributed by atoms with Crippen LogP contribution in [0.15, 0.2) is 42.5 Å². The van der Waals surface area contributed by atoms with Gasteiger partial charge in [-0.25, -0.2) is 0 Å². The normalized spacial score (nSPS) is 12.3. The summed E-state index contributed by atoms with van der Waals surface area (Å²) in [6, 6.07) is 13.8. The molecule has 3 aromatic rings. The second-order valence-corrected chi connectivity index (χ2v) is 6.58. The third-order valence-corrected chi connectivity index (χ3v) is 4.51. The fourth-order valence-electron chi connectivity index (χ4n) is 3.00. The van der Waals surface area contributed by atoms with E-state index in [2.05, 4.69) is 20.4 Å². The molecular formula is C20H24N4O2. The summed E-state index contributed by atoms with van der Waals surface area (Å²) in [5.74, 6) is 0.635. The number of methoxy groups -OCH3 is 1. The molecule has 0 fully saturated rings. The molecule has 0 saturated heterocycles. The summed E-state index contributed by atoms with van der Waals surface area (Å²) in [5, 5.41) is 11.0. The van der Waals surface area contributed by atoms with Gasteiger partial charge in [-0.2, -0.15) is 5.10 Å². The lowest BCUT2D eigenvalue weighted by atomic mass is 10.1. The number of hydrogen-bond donors (Lipinski definition) is 2. The number of nitrogens with zero attached hydrogens (tertiary/aromatic N) is 2. The average molecular weight is 352 g/mol. The minimum Gasteiger partial charge on any atom is -0.497 e. The number of rotatable bonds is 6. The van der Waals surface area contributed by atoms with Crippen molar-refractivity contribution in [2.24, 2.45) is 0 Å². The van der Waals surface area contributed by atoms with Crippen LogP contribution in [0.2, 0.25) is 0 Å². The molecule has 0 radical (unpaired) electrons. The number of benzene rings is 2. The van der Waals surface area contributed by atoms with Crippen LogP contribution in [-0.4, -0.2) is 48.8 Å². The number of ether oxygens (including phenoxy) is 1. The van der Waals surface area contributed by atoms with Crippen molar-refractivity contribution in [3.63, 3.8) is 0 Å². The number of hydrogen-bond acceptors (Lipinski definition) is 4. The highest BCUT2D eigenvalue weighted by Crippen LogP contribution is 2.21. The molecule has 136 valence electrons. The third-order valence-electron chi connectivity index (χ3n) is 4.51. The van der Waals surface area contributed by atoms with Crippen LogP contribution < -0.4 is 10.1 Å². The van der Waals surface area contributed by atoms with Gasteiger partial charge in [0.05, 0.1) is 18.7 Å². The quantitative estimate of drug-likeness (QED) is 0.716. The molecule has 0 aliphatic rings. The number of amides is 1. The number of aromatic amines is 1. The summed E-state index contributed by atoms with van der Waals surface area (Å²) < 4.78 is 5.21. The smallest absolute Gasteiger partial charge is 0.272 e. The number of aromatic nitrogens is 2. The summed E-state index contributed by atoms with van der Waals surface area (Å²) >= 11 is 0. The maximum Gasteiger partial charge on any atom is 0.272 e. The molecular weight excluding hydrogens is 328 g/mol. The van der Waals surface area contributed by atoms with E-state index in [9.17, 15) is 4.79 Å². The van der Waals surface area contributed by atoms with Crippen molar-refractivity contribution in [3.8, 4) is 5.75 Å². The molecule has 6 nitrogen and oxygen atoms in total. The van der Waals surface area contributed by atoms with Gasteiger partial charge in [-0.05, 0) is 50.8 Å². The van der Waals surface area contributed by atoms with Crippen LogP contribution >= 0.6 is 0 Å². The third kappa shape index (κ3) is 3.70. The van der Waals surface area contributed by atoms with E-state index in [1.807, 2.05) is 63.5 Å². The van der Waals surface area contributed by atoms with E-state index >= 15 is 0 Å². The Labute approximate surface area is 153 Å². The molecule has 0 saturated carbocycles. The standard InChI is InChI=1S/C20H24N4O2/c1-13-5-10-17-16(11-13)19(23-22-17)20(25)21-12-18(24(2)3)14-6-8-15(26-4)9-7-14/h5-11,18H,12H2,1-4H3,(H,21,25)(H,22,23). The van der Waals surface area contributed by atoms with Crippen LogP contribution in [0.4, 0.5) is 0 Å². The van der Waals surface area contributed by atoms with Gasteiger partial charge < -0.3 is 15.0 Å². The lowest BCUT2D eigenvalue weighted by molar-refractivity contribution is 0.0938. The highest BCUT2D eigenvalue weighted by Gasteiger charge is 2.18. The molecule has 3 rings (SSSR count). The Bertz CT molecular complexity index is 900. The van der Waals surface area contributed by atoms with Gasteiger partial charge in [0.25, 0.3) is 5.91 Å². The molecule has 2 N–H and O–H groups in total. The van der Waals surface area contributed by atoms with Gasteiger partial charge in [-0.3, -0.25) is 9.89 Å². The first kappa shape index (κ1) is 17.9. The first-order valence-electron chi connectivity index (χ1n) is 8.53. The largest absolute Gasteiger partial charge is 0.497 e. The SMILES string of the molecule is COc1ccc(C(CNC(=O)c2n[nH]c3ccc(C)cc23)N(C)C)cc1. The van der Waals surface area contributed by atoms with Crippen molar-refractivity contribution in [1.29, 1.82) is 0 Å². The molecule has 1 aromatic heterocycles. The summed E-state index contributed by atoms with van der Waals surface area (Å²) in [6.45, 7) is 2.48. The fourth-order valence-corrected chi connectivity index (χ4v) is 3.00. The summed E-state index contributed by atoms with van der Waals surface area (Å²) in [4.78, 5) is 14.7. The van der Waals surface area contributed by atoms with Gasteiger partial charge in [0.1, 0.15) is 5.75 Å². The van der Waals surface area contributed by atoms with Crippen LogP contribution in [0.25, 0.3) is 10.9 Å². The van der Waals surface area contributed by atoms with Crippen LogP contribution in [0.3, 0.4) is 0 Å². The Kier molecular flexibility index (Phi) is 5.23. The fraction of sp³-hybridized carbons (Fsp3) is 0.300. The van der Waals surface area contributed by atoms with Crippen LogP contribution in [0.5, 0.6) is 5.75 Å². The number of nitrogens with one attached hydrogen (secondary N) is 2. The monoisotopic (exact) mass is 352 g/mol. The van der Waals surface area contributed by atoms with E-state index in [1.165, 1.54) is 0 Å². The van der Waals surface area contributed by atoms with Crippen molar-refractivity contribution >= 4 is 16.8 Å². The molecule has 1 heterocycles. The molecule has 6 heteroatoms. The van der Waals surface area contributed by atoms with E-state index in [-0.39, 0.29) is 11.9 Å². The number of aryl methyl sites for hydroxylation is 1. The Morgan fingerprint density at radius 3 is 2.62 bits per heavy atom. The number of carbonyl (C=O) groups is 1. The van der Waals surface area contributed by atoms with Crippen molar-refractivity contribution in [1.82, 2.24) is 20.4 Å². The molecule has 1 amide bonds. The summed E-state index contributed by atoms with van der Waals surface area (Å²) in [7, 11) is 5.64. The van der Waals surface area contributed by atoms with Crippen molar-refractivity contribution in [2.45, 2.75) is 13.0 Å². The van der Waals surface area contributed by atoms with Crippen molar-refractivity contribution in [2.75, 3.05) is 27.7 Å². The topological polar surface area (TPSA) is 70.2 Å². The predicted octanol–water partition coefficient (Wildman–Crippen LogP) is 2.91. The second kappa shape index (κ2) is 7.58. The minimum atomic E-state index is -0.179. The van der Waals surface area contributed by atoms with Gasteiger partial charge in [0, 0.05) is 11.9 Å². The molecule has 0 bridgehead atoms. The van der Waals surface area contributed by atoms with Crippen LogP contribution in [-0.2, 0) is 0 Å². The highest BCUT2D eigenvalue weighted by atomic mass is 16.5. The number of carbonyl (C=O) groups excluding carboxylic acids is 1. The highest BCUT2D eigenvalue weighted by molar-refractivity contribution is 6.04. The molecule has 0 spiro atoms. The minimum absolute atomic E-state index is 0.0526. The van der Waals surface area contributed by atoms with Gasteiger partial charge in [0.2, 0.25) is 0 Å². The maximum atomic E-state index is 12.7. The molecule has 0 aliphatic carbocycles. The van der Waals surface area contributed by atoms with Crippen molar-refractivity contribution < 1.29 is 9.53 Å². The number of H-pyrrole nitrogens is 1. The molecule has 26 heavy (non-hydrogen) atoms. The molecule has 1 atom stereocenters. The molecule has 2 aromatic carbocycles. The van der Waals surface area contributed by atoms with Crippen molar-refractivity contribution in [3.05, 3.63) is 59.3 Å². The Morgan fingerprint density at radius 1 is 1.23 bits per heavy atom. The Hall–Kier alpha value is -2.86.